The van der Waals surface area contributed by atoms with Crippen LogP contribution in [0.5, 0.6) is 5.75 Å². The highest BCUT2D eigenvalue weighted by atomic mass is 35.5. The number of aromatic nitrogens is 2. The van der Waals surface area contributed by atoms with Crippen LogP contribution in [-0.2, 0) is 5.88 Å². The van der Waals surface area contributed by atoms with Crippen LogP contribution in [0.1, 0.15) is 19.5 Å². The van der Waals surface area contributed by atoms with Crippen LogP contribution in [0.15, 0.2) is 48.7 Å². The zero-order valence-corrected chi connectivity index (χ0v) is 12.8. The minimum atomic E-state index is 0.171. The van der Waals surface area contributed by atoms with Crippen LogP contribution < -0.4 is 4.74 Å². The second-order valence-corrected chi connectivity index (χ2v) is 5.43. The fourth-order valence-electron chi connectivity index (χ4n) is 2.37. The van der Waals surface area contributed by atoms with Gasteiger partial charge in [-0.2, -0.15) is 0 Å². The number of benzene rings is 1. The molecule has 0 bridgehead atoms. The molecule has 0 radical (unpaired) electrons. The van der Waals surface area contributed by atoms with Crippen molar-refractivity contribution in [3.63, 3.8) is 0 Å². The summed E-state index contributed by atoms with van der Waals surface area (Å²) in [7, 11) is 0. The maximum atomic E-state index is 6.12. The van der Waals surface area contributed by atoms with Crippen LogP contribution in [0.4, 0.5) is 0 Å². The Hall–Kier alpha value is -2.00. The Kier molecular flexibility index (Phi) is 3.84. The molecule has 21 heavy (non-hydrogen) atoms. The number of hydrogen-bond acceptors (Lipinski definition) is 2. The van der Waals surface area contributed by atoms with Crippen molar-refractivity contribution in [1.29, 1.82) is 0 Å². The highest BCUT2D eigenvalue weighted by Crippen LogP contribution is 2.27. The third kappa shape index (κ3) is 2.74. The molecular formula is C17H17ClN2O. The van der Waals surface area contributed by atoms with Gasteiger partial charge in [0, 0.05) is 11.8 Å². The van der Waals surface area contributed by atoms with E-state index in [-0.39, 0.29) is 6.10 Å². The van der Waals surface area contributed by atoms with Gasteiger partial charge in [0.1, 0.15) is 11.4 Å². The van der Waals surface area contributed by atoms with Gasteiger partial charge in [-0.1, -0.05) is 6.07 Å². The van der Waals surface area contributed by atoms with Crippen molar-refractivity contribution in [2.45, 2.75) is 25.8 Å². The lowest BCUT2D eigenvalue weighted by molar-refractivity contribution is 0.242. The van der Waals surface area contributed by atoms with E-state index in [1.165, 1.54) is 0 Å². The predicted octanol–water partition coefficient (Wildman–Crippen LogP) is 4.53. The summed E-state index contributed by atoms with van der Waals surface area (Å²) in [5.74, 6) is 1.29. The van der Waals surface area contributed by atoms with Gasteiger partial charge in [-0.3, -0.25) is 0 Å². The summed E-state index contributed by atoms with van der Waals surface area (Å²) in [4.78, 5) is 4.68. The first-order valence-electron chi connectivity index (χ1n) is 6.98. The van der Waals surface area contributed by atoms with Crippen molar-refractivity contribution in [1.82, 2.24) is 9.38 Å². The van der Waals surface area contributed by atoms with Crippen LogP contribution in [0, 0.1) is 0 Å². The first-order chi connectivity index (χ1) is 10.2. The topological polar surface area (TPSA) is 26.5 Å². The van der Waals surface area contributed by atoms with E-state index in [0.717, 1.165) is 28.3 Å². The number of rotatable bonds is 4. The summed E-state index contributed by atoms with van der Waals surface area (Å²) >= 11 is 6.12. The van der Waals surface area contributed by atoms with E-state index < -0.39 is 0 Å². The van der Waals surface area contributed by atoms with Crippen molar-refractivity contribution in [2.24, 2.45) is 0 Å². The maximum absolute atomic E-state index is 6.12. The van der Waals surface area contributed by atoms with Crippen LogP contribution >= 0.6 is 11.6 Å². The first-order valence-corrected chi connectivity index (χ1v) is 7.51. The van der Waals surface area contributed by atoms with Crippen molar-refractivity contribution in [2.75, 3.05) is 0 Å². The SMILES string of the molecule is CC(C)Oc1ccc(-c2nc3ccccn3c2CCl)cc1. The van der Waals surface area contributed by atoms with Gasteiger partial charge in [0.25, 0.3) is 0 Å². The van der Waals surface area contributed by atoms with Crippen molar-refractivity contribution < 1.29 is 4.74 Å². The molecule has 2 heterocycles. The van der Waals surface area contributed by atoms with Gasteiger partial charge in [-0.05, 0) is 50.2 Å². The van der Waals surface area contributed by atoms with Crippen LogP contribution in [0.3, 0.4) is 0 Å². The standard InChI is InChI=1S/C17H17ClN2O/c1-12(2)21-14-8-6-13(7-9-14)17-15(11-18)20-10-4-3-5-16(20)19-17/h3-10,12H,11H2,1-2H3. The molecule has 0 aliphatic carbocycles. The quantitative estimate of drug-likeness (QED) is 0.662. The fraction of sp³-hybridized carbons (Fsp3) is 0.235. The number of halogens is 1. The van der Waals surface area contributed by atoms with Crippen molar-refractivity contribution >= 4 is 17.2 Å². The summed E-state index contributed by atoms with van der Waals surface area (Å²) in [6.45, 7) is 4.03. The average Bonchev–Trinajstić information content (AvgIpc) is 2.86. The molecule has 0 saturated carbocycles. The molecule has 0 saturated heterocycles. The largest absolute Gasteiger partial charge is 0.491 e. The minimum Gasteiger partial charge on any atom is -0.491 e. The number of pyridine rings is 1. The summed E-state index contributed by atoms with van der Waals surface area (Å²) in [6.07, 6.45) is 2.16. The molecule has 0 unspecified atom stereocenters. The molecule has 108 valence electrons. The molecule has 0 amide bonds. The lowest BCUT2D eigenvalue weighted by atomic mass is 10.1. The van der Waals surface area contributed by atoms with Gasteiger partial charge in [-0.25, -0.2) is 4.98 Å². The zero-order valence-electron chi connectivity index (χ0n) is 12.1. The summed E-state index contributed by atoms with van der Waals surface area (Å²) in [6, 6.07) is 13.9. The van der Waals surface area contributed by atoms with Crippen molar-refractivity contribution in [3.8, 4) is 17.0 Å². The van der Waals surface area contributed by atoms with Gasteiger partial charge >= 0.3 is 0 Å². The predicted molar refractivity (Wildman–Crippen MR) is 85.9 cm³/mol. The summed E-state index contributed by atoms with van der Waals surface area (Å²) in [5, 5.41) is 0. The summed E-state index contributed by atoms with van der Waals surface area (Å²) < 4.78 is 7.70. The van der Waals surface area contributed by atoms with Gasteiger partial charge in [0.05, 0.1) is 23.4 Å². The Morgan fingerprint density at radius 2 is 1.90 bits per heavy atom. The number of imidazole rings is 1. The van der Waals surface area contributed by atoms with Crippen LogP contribution in [-0.4, -0.2) is 15.5 Å². The van der Waals surface area contributed by atoms with Gasteiger partial charge < -0.3 is 9.14 Å². The smallest absolute Gasteiger partial charge is 0.137 e. The van der Waals surface area contributed by atoms with Crippen molar-refractivity contribution in [3.05, 3.63) is 54.4 Å². The Labute approximate surface area is 129 Å². The van der Waals surface area contributed by atoms with E-state index in [0.29, 0.717) is 5.88 Å². The van der Waals surface area contributed by atoms with E-state index in [9.17, 15) is 0 Å². The molecule has 3 rings (SSSR count). The highest BCUT2D eigenvalue weighted by molar-refractivity contribution is 6.17. The number of alkyl halides is 1. The molecule has 1 aromatic carbocycles. The average molecular weight is 301 g/mol. The normalized spacial score (nSPS) is 11.2. The fourth-order valence-corrected chi connectivity index (χ4v) is 2.62. The van der Waals surface area contributed by atoms with Gasteiger partial charge in [0.2, 0.25) is 0 Å². The van der Waals surface area contributed by atoms with E-state index in [2.05, 4.69) is 4.98 Å². The first kappa shape index (κ1) is 14.0. The molecule has 0 aliphatic rings. The number of hydrogen-bond donors (Lipinski definition) is 0. The van der Waals surface area contributed by atoms with Crippen LogP contribution in [0.2, 0.25) is 0 Å². The number of nitrogens with zero attached hydrogens (tertiary/aromatic N) is 2. The molecule has 4 heteroatoms. The molecular weight excluding hydrogens is 284 g/mol. The Bertz CT molecular complexity index is 747. The number of fused-ring (bicyclic) bond motifs is 1. The number of ether oxygens (including phenoxy) is 1. The summed E-state index contributed by atoms with van der Waals surface area (Å²) in [5.41, 5.74) is 3.88. The lowest BCUT2D eigenvalue weighted by Gasteiger charge is -2.09. The lowest BCUT2D eigenvalue weighted by Crippen LogP contribution is -2.05. The maximum Gasteiger partial charge on any atom is 0.137 e. The molecule has 0 aliphatic heterocycles. The van der Waals surface area contributed by atoms with E-state index in [1.807, 2.05) is 66.9 Å². The molecule has 0 atom stereocenters. The molecule has 0 spiro atoms. The van der Waals surface area contributed by atoms with E-state index in [4.69, 9.17) is 16.3 Å². The van der Waals surface area contributed by atoms with Gasteiger partial charge in [-0.15, -0.1) is 11.6 Å². The third-order valence-electron chi connectivity index (χ3n) is 3.25. The second kappa shape index (κ2) is 5.78. The van der Waals surface area contributed by atoms with Crippen LogP contribution in [0.25, 0.3) is 16.9 Å². The van der Waals surface area contributed by atoms with Gasteiger partial charge in [0.15, 0.2) is 0 Å². The Morgan fingerprint density at radius 1 is 1.14 bits per heavy atom. The minimum absolute atomic E-state index is 0.171. The Balaban J connectivity index is 2.03. The van der Waals surface area contributed by atoms with E-state index in [1.54, 1.807) is 0 Å². The molecule has 2 aromatic heterocycles. The zero-order chi connectivity index (χ0) is 14.8. The third-order valence-corrected chi connectivity index (χ3v) is 3.51. The molecule has 0 N–H and O–H groups in total. The Morgan fingerprint density at radius 3 is 2.57 bits per heavy atom. The molecule has 3 aromatic rings. The molecule has 3 nitrogen and oxygen atoms in total. The molecule has 0 fully saturated rings. The van der Waals surface area contributed by atoms with E-state index >= 15 is 0 Å². The monoisotopic (exact) mass is 300 g/mol. The highest BCUT2D eigenvalue weighted by Gasteiger charge is 2.12. The second-order valence-electron chi connectivity index (χ2n) is 5.16.